The van der Waals surface area contributed by atoms with Gasteiger partial charge in [-0.05, 0) is 30.7 Å². The van der Waals surface area contributed by atoms with E-state index in [0.717, 1.165) is 12.5 Å². The predicted molar refractivity (Wildman–Crippen MR) is 89.1 cm³/mol. The van der Waals surface area contributed by atoms with Gasteiger partial charge in [-0.25, -0.2) is 0 Å². The number of benzene rings is 1. The summed E-state index contributed by atoms with van der Waals surface area (Å²) in [6.45, 7) is 1.42. The van der Waals surface area contributed by atoms with Crippen molar-refractivity contribution in [1.29, 1.82) is 0 Å². The van der Waals surface area contributed by atoms with E-state index in [1.165, 1.54) is 37.7 Å². The highest BCUT2D eigenvalue weighted by Crippen LogP contribution is 2.38. The summed E-state index contributed by atoms with van der Waals surface area (Å²) in [6.07, 6.45) is 7.43. The van der Waals surface area contributed by atoms with Gasteiger partial charge < -0.3 is 9.47 Å². The third-order valence-electron chi connectivity index (χ3n) is 4.51. The third-order valence-corrected chi connectivity index (χ3v) is 5.82. The first-order valence-corrected chi connectivity index (χ1v) is 8.98. The van der Waals surface area contributed by atoms with Gasteiger partial charge in [-0.1, -0.05) is 65.8 Å². The molecule has 0 amide bonds. The van der Waals surface area contributed by atoms with Crippen molar-refractivity contribution in [2.45, 2.75) is 54.8 Å². The van der Waals surface area contributed by atoms with Gasteiger partial charge in [0.2, 0.25) is 0 Å². The lowest BCUT2D eigenvalue weighted by molar-refractivity contribution is -0.119. The Balaban J connectivity index is 1.47. The number of fused-ring (bicyclic) bond motifs is 1. The highest BCUT2D eigenvalue weighted by atomic mass is 127. The highest BCUT2D eigenvalue weighted by Gasteiger charge is 2.37. The molecule has 0 radical (unpaired) electrons. The van der Waals surface area contributed by atoms with Crippen LogP contribution in [0.2, 0.25) is 0 Å². The van der Waals surface area contributed by atoms with Crippen LogP contribution in [-0.2, 0) is 16.1 Å². The van der Waals surface area contributed by atoms with Gasteiger partial charge >= 0.3 is 0 Å². The minimum absolute atomic E-state index is 0.277. The second-order valence-electron chi connectivity index (χ2n) is 6.01. The Morgan fingerprint density at radius 3 is 2.80 bits per heavy atom. The quantitative estimate of drug-likeness (QED) is 0.566. The number of hydrogen-bond acceptors (Lipinski definition) is 2. The molecule has 0 aromatic heterocycles. The molecule has 3 rings (SSSR count). The molecule has 0 N–H and O–H groups in total. The van der Waals surface area contributed by atoms with Crippen LogP contribution in [-0.4, -0.2) is 22.7 Å². The molecule has 1 aliphatic carbocycles. The van der Waals surface area contributed by atoms with Gasteiger partial charge in [0.15, 0.2) is 0 Å². The normalized spacial score (nSPS) is 33.6. The van der Waals surface area contributed by atoms with Gasteiger partial charge in [0.1, 0.15) is 0 Å². The Morgan fingerprint density at radius 2 is 1.95 bits per heavy atom. The summed E-state index contributed by atoms with van der Waals surface area (Å²) in [4.78, 5) is 0. The fourth-order valence-corrected chi connectivity index (χ4v) is 4.41. The molecule has 1 saturated heterocycles. The van der Waals surface area contributed by atoms with E-state index in [-0.39, 0.29) is 6.10 Å². The van der Waals surface area contributed by atoms with Crippen molar-refractivity contribution in [1.82, 2.24) is 0 Å². The maximum absolute atomic E-state index is 6.31. The molecule has 110 valence electrons. The summed E-state index contributed by atoms with van der Waals surface area (Å²) >= 11 is 2.56. The summed E-state index contributed by atoms with van der Waals surface area (Å²) in [5.74, 6) is 0.802. The van der Waals surface area contributed by atoms with Gasteiger partial charge in [0.05, 0.1) is 25.4 Å². The first kappa shape index (κ1) is 14.8. The Hall–Kier alpha value is -0.130. The van der Waals surface area contributed by atoms with Crippen LogP contribution in [0, 0.1) is 5.92 Å². The molecule has 2 fully saturated rings. The molecule has 0 spiro atoms. The molecule has 2 nitrogen and oxygen atoms in total. The molecule has 1 aliphatic heterocycles. The van der Waals surface area contributed by atoms with Crippen LogP contribution in [0.1, 0.15) is 37.7 Å². The molecule has 1 aromatic carbocycles. The second kappa shape index (κ2) is 7.23. The summed E-state index contributed by atoms with van der Waals surface area (Å²) in [7, 11) is 0. The monoisotopic (exact) mass is 386 g/mol. The Morgan fingerprint density at radius 1 is 1.15 bits per heavy atom. The van der Waals surface area contributed by atoms with Crippen molar-refractivity contribution in [2.24, 2.45) is 5.92 Å². The lowest BCUT2D eigenvalue weighted by Gasteiger charge is -2.42. The van der Waals surface area contributed by atoms with Crippen LogP contribution < -0.4 is 0 Å². The van der Waals surface area contributed by atoms with Gasteiger partial charge in [-0.15, -0.1) is 0 Å². The average Bonchev–Trinajstić information content (AvgIpc) is 2.49. The van der Waals surface area contributed by atoms with Crippen LogP contribution in [0.25, 0.3) is 0 Å². The first-order valence-electron chi connectivity index (χ1n) is 7.74. The molecule has 2 aliphatic rings. The zero-order valence-corrected chi connectivity index (χ0v) is 14.0. The maximum Gasteiger partial charge on any atom is 0.0929 e. The van der Waals surface area contributed by atoms with Crippen LogP contribution in [0.15, 0.2) is 30.3 Å². The molecule has 3 heteroatoms. The molecule has 20 heavy (non-hydrogen) atoms. The van der Waals surface area contributed by atoms with Gasteiger partial charge in [-0.2, -0.15) is 0 Å². The average molecular weight is 386 g/mol. The largest absolute Gasteiger partial charge is 0.374 e. The summed E-state index contributed by atoms with van der Waals surface area (Å²) < 4.78 is 12.8. The number of ether oxygens (including phenoxy) is 2. The Labute approximate surface area is 135 Å². The molecular weight excluding hydrogens is 363 g/mol. The van der Waals surface area contributed by atoms with Gasteiger partial charge in [-0.3, -0.25) is 0 Å². The lowest BCUT2D eigenvalue weighted by Crippen LogP contribution is -2.45. The minimum atomic E-state index is 0.277. The third kappa shape index (κ3) is 3.74. The minimum Gasteiger partial charge on any atom is -0.374 e. The van der Waals surface area contributed by atoms with Crippen LogP contribution in [0.4, 0.5) is 0 Å². The predicted octanol–water partition coefficient (Wildman–Crippen LogP) is 4.35. The van der Waals surface area contributed by atoms with Crippen molar-refractivity contribution >= 4 is 22.6 Å². The molecular formula is C17H23IO2. The smallest absolute Gasteiger partial charge is 0.0929 e. The molecule has 1 heterocycles. The molecule has 4 atom stereocenters. The fraction of sp³-hybridized carbons (Fsp3) is 0.647. The van der Waals surface area contributed by atoms with Crippen molar-refractivity contribution in [2.75, 3.05) is 6.61 Å². The van der Waals surface area contributed by atoms with E-state index < -0.39 is 0 Å². The molecule has 0 bridgehead atoms. The van der Waals surface area contributed by atoms with E-state index in [1.807, 2.05) is 6.07 Å². The lowest BCUT2D eigenvalue weighted by atomic mass is 9.81. The van der Waals surface area contributed by atoms with E-state index >= 15 is 0 Å². The topological polar surface area (TPSA) is 18.5 Å². The number of rotatable bonds is 4. The van der Waals surface area contributed by atoms with Crippen molar-refractivity contribution in [3.8, 4) is 0 Å². The zero-order valence-electron chi connectivity index (χ0n) is 11.8. The summed E-state index contributed by atoms with van der Waals surface area (Å²) in [5, 5.41) is 0. The van der Waals surface area contributed by atoms with E-state index in [4.69, 9.17) is 9.47 Å². The highest BCUT2D eigenvalue weighted by molar-refractivity contribution is 14.1. The van der Waals surface area contributed by atoms with Crippen molar-refractivity contribution < 1.29 is 9.47 Å². The number of alkyl halides is 1. The standard InChI is InChI=1S/C17H23IO2/c18-15-10-14-8-4-5-9-16(14)20-17(15)12-19-11-13-6-2-1-3-7-13/h1-3,6-7,14-17H,4-5,8-12H2. The van der Waals surface area contributed by atoms with Crippen LogP contribution >= 0.6 is 22.6 Å². The van der Waals surface area contributed by atoms with E-state index in [2.05, 4.69) is 46.9 Å². The summed E-state index contributed by atoms with van der Waals surface area (Å²) in [5.41, 5.74) is 1.24. The molecule has 1 aromatic rings. The van der Waals surface area contributed by atoms with Crippen molar-refractivity contribution in [3.63, 3.8) is 0 Å². The number of hydrogen-bond donors (Lipinski definition) is 0. The molecule has 1 saturated carbocycles. The molecule has 4 unspecified atom stereocenters. The van der Waals surface area contributed by atoms with E-state index in [1.54, 1.807) is 0 Å². The van der Waals surface area contributed by atoms with Crippen molar-refractivity contribution in [3.05, 3.63) is 35.9 Å². The van der Waals surface area contributed by atoms with Gasteiger partial charge in [0.25, 0.3) is 0 Å². The SMILES string of the molecule is IC1CC2CCCCC2OC1COCc1ccccc1. The van der Waals surface area contributed by atoms with Crippen LogP contribution in [0.5, 0.6) is 0 Å². The second-order valence-corrected chi connectivity index (χ2v) is 7.61. The Bertz CT molecular complexity index is 409. The first-order chi connectivity index (χ1) is 9.83. The maximum atomic E-state index is 6.31. The van der Waals surface area contributed by atoms with E-state index in [0.29, 0.717) is 16.6 Å². The Kier molecular flexibility index (Phi) is 5.35. The number of halogens is 1. The van der Waals surface area contributed by atoms with E-state index in [9.17, 15) is 0 Å². The fourth-order valence-electron chi connectivity index (χ4n) is 3.38. The summed E-state index contributed by atoms with van der Waals surface area (Å²) in [6, 6.07) is 10.4. The van der Waals surface area contributed by atoms with Crippen LogP contribution in [0.3, 0.4) is 0 Å². The zero-order chi connectivity index (χ0) is 13.8. The van der Waals surface area contributed by atoms with Gasteiger partial charge in [0, 0.05) is 3.92 Å².